The molecule has 0 amide bonds. The predicted molar refractivity (Wildman–Crippen MR) is 74.0 cm³/mol. The third-order valence-corrected chi connectivity index (χ3v) is 4.05. The van der Waals surface area contributed by atoms with Crippen LogP contribution in [0.2, 0.25) is 0 Å². The molecule has 0 radical (unpaired) electrons. The lowest BCUT2D eigenvalue weighted by Crippen LogP contribution is -2.19. The summed E-state index contributed by atoms with van der Waals surface area (Å²) in [6.45, 7) is 0. The Labute approximate surface area is 121 Å². The van der Waals surface area contributed by atoms with Crippen LogP contribution < -0.4 is 9.46 Å². The van der Waals surface area contributed by atoms with Gasteiger partial charge in [-0.3, -0.25) is 0 Å². The van der Waals surface area contributed by atoms with Crippen molar-refractivity contribution in [3.8, 4) is 11.5 Å². The number of rotatable bonds is 5. The topological polar surface area (TPSA) is 106 Å². The van der Waals surface area contributed by atoms with Crippen LogP contribution in [0.5, 0.6) is 11.5 Å². The lowest BCUT2D eigenvalue weighted by molar-refractivity contribution is 0.0687. The first-order chi connectivity index (χ1) is 9.95. The Hall–Kier alpha value is -2.45. The molecule has 0 bridgehead atoms. The molecule has 21 heavy (non-hydrogen) atoms. The second-order valence-corrected chi connectivity index (χ2v) is 5.77. The molecular weight excluding hydrogens is 296 g/mol. The van der Waals surface area contributed by atoms with Crippen molar-refractivity contribution in [1.82, 2.24) is 9.71 Å². The number of ether oxygens (including phenoxy) is 1. The Morgan fingerprint density at radius 1 is 1.19 bits per heavy atom. The largest absolute Gasteiger partial charge is 0.476 e. The van der Waals surface area contributed by atoms with E-state index in [0.717, 1.165) is 0 Å². The predicted octanol–water partition coefficient (Wildman–Crippen LogP) is 1.48. The van der Waals surface area contributed by atoms with Crippen LogP contribution in [-0.4, -0.2) is 31.5 Å². The van der Waals surface area contributed by atoms with Gasteiger partial charge in [0.1, 0.15) is 10.6 Å². The third kappa shape index (κ3) is 3.18. The van der Waals surface area contributed by atoms with Crippen LogP contribution in [0.1, 0.15) is 10.5 Å². The molecule has 0 aliphatic carbocycles. The fourth-order valence-corrected chi connectivity index (χ4v) is 2.47. The van der Waals surface area contributed by atoms with E-state index in [4.69, 9.17) is 9.84 Å². The number of sulfonamides is 1. The van der Waals surface area contributed by atoms with Crippen LogP contribution >= 0.6 is 0 Å². The monoisotopic (exact) mass is 308 g/mol. The molecule has 0 aliphatic rings. The van der Waals surface area contributed by atoms with Gasteiger partial charge in [-0.15, -0.1) is 0 Å². The fourth-order valence-electron chi connectivity index (χ4n) is 1.62. The van der Waals surface area contributed by atoms with E-state index in [1.54, 1.807) is 12.1 Å². The van der Waals surface area contributed by atoms with Crippen LogP contribution in [0.15, 0.2) is 47.5 Å². The van der Waals surface area contributed by atoms with Crippen LogP contribution in [-0.2, 0) is 10.0 Å². The summed E-state index contributed by atoms with van der Waals surface area (Å²) in [5.41, 5.74) is -0.297. The quantitative estimate of drug-likeness (QED) is 0.866. The van der Waals surface area contributed by atoms with Crippen molar-refractivity contribution in [2.45, 2.75) is 4.90 Å². The van der Waals surface area contributed by atoms with Gasteiger partial charge in [-0.2, -0.15) is 0 Å². The van der Waals surface area contributed by atoms with Gasteiger partial charge < -0.3 is 9.84 Å². The van der Waals surface area contributed by atoms with Crippen molar-refractivity contribution in [2.75, 3.05) is 7.05 Å². The van der Waals surface area contributed by atoms with Crippen molar-refractivity contribution in [2.24, 2.45) is 0 Å². The normalized spacial score (nSPS) is 11.1. The standard InChI is InChI=1S/C13H12N2O5S/c1-14-21(18,19)11-7-3-2-5-9(11)20-10-6-4-8-15-12(10)13(16)17/h2-8,14H,1H3,(H,16,17). The Bertz CT molecular complexity index is 774. The first-order valence-corrected chi connectivity index (χ1v) is 7.33. The zero-order chi connectivity index (χ0) is 15.5. The molecule has 1 heterocycles. The molecule has 0 unspecified atom stereocenters. The van der Waals surface area contributed by atoms with Gasteiger partial charge in [0.05, 0.1) is 0 Å². The van der Waals surface area contributed by atoms with Gasteiger partial charge in [-0.05, 0) is 31.3 Å². The minimum absolute atomic E-state index is 0.0161. The highest BCUT2D eigenvalue weighted by molar-refractivity contribution is 7.89. The maximum absolute atomic E-state index is 11.9. The summed E-state index contributed by atoms with van der Waals surface area (Å²) in [5, 5.41) is 9.05. The van der Waals surface area contributed by atoms with Gasteiger partial charge in [0, 0.05) is 6.20 Å². The molecule has 1 aromatic heterocycles. The lowest BCUT2D eigenvalue weighted by atomic mass is 10.3. The number of pyridine rings is 1. The molecule has 0 saturated carbocycles. The molecule has 2 rings (SSSR count). The number of nitrogens with one attached hydrogen (secondary N) is 1. The summed E-state index contributed by atoms with van der Waals surface area (Å²) in [7, 11) is -2.45. The number of hydrogen-bond acceptors (Lipinski definition) is 5. The first kappa shape index (κ1) is 14.9. The van der Waals surface area contributed by atoms with E-state index in [0.29, 0.717) is 0 Å². The minimum atomic E-state index is -3.72. The highest BCUT2D eigenvalue weighted by Gasteiger charge is 2.20. The molecule has 8 heteroatoms. The van der Waals surface area contributed by atoms with Gasteiger partial charge in [-0.25, -0.2) is 22.9 Å². The lowest BCUT2D eigenvalue weighted by Gasteiger charge is -2.12. The molecule has 0 saturated heterocycles. The van der Waals surface area contributed by atoms with E-state index >= 15 is 0 Å². The van der Waals surface area contributed by atoms with E-state index in [2.05, 4.69) is 9.71 Å². The van der Waals surface area contributed by atoms with Crippen molar-refractivity contribution >= 4 is 16.0 Å². The fraction of sp³-hybridized carbons (Fsp3) is 0.0769. The highest BCUT2D eigenvalue weighted by atomic mass is 32.2. The number of nitrogens with zero attached hydrogens (tertiary/aromatic N) is 1. The summed E-state index contributed by atoms with van der Waals surface area (Å²) >= 11 is 0. The van der Waals surface area contributed by atoms with Crippen molar-refractivity contribution in [3.05, 3.63) is 48.3 Å². The van der Waals surface area contributed by atoms with Crippen molar-refractivity contribution in [1.29, 1.82) is 0 Å². The molecule has 7 nitrogen and oxygen atoms in total. The van der Waals surface area contributed by atoms with Gasteiger partial charge >= 0.3 is 5.97 Å². The van der Waals surface area contributed by atoms with Crippen LogP contribution in [0.25, 0.3) is 0 Å². The number of carboxylic acids is 1. The second-order valence-electron chi connectivity index (χ2n) is 3.91. The molecule has 0 fully saturated rings. The summed E-state index contributed by atoms with van der Waals surface area (Å²) in [4.78, 5) is 14.7. The Kier molecular flexibility index (Phi) is 4.20. The summed E-state index contributed by atoms with van der Waals surface area (Å²) in [5.74, 6) is -1.29. The average molecular weight is 308 g/mol. The third-order valence-electron chi connectivity index (χ3n) is 2.60. The van der Waals surface area contributed by atoms with E-state index < -0.39 is 16.0 Å². The summed E-state index contributed by atoms with van der Waals surface area (Å²) in [6.07, 6.45) is 1.31. The molecular formula is C13H12N2O5S. The van der Waals surface area contributed by atoms with Gasteiger partial charge in [0.25, 0.3) is 0 Å². The van der Waals surface area contributed by atoms with E-state index in [1.165, 1.54) is 37.5 Å². The minimum Gasteiger partial charge on any atom is -0.476 e. The average Bonchev–Trinajstić information content (AvgIpc) is 2.48. The first-order valence-electron chi connectivity index (χ1n) is 5.84. The van der Waals surface area contributed by atoms with Crippen LogP contribution in [0.4, 0.5) is 0 Å². The molecule has 0 atom stereocenters. The Balaban J connectivity index is 2.49. The molecule has 1 aromatic carbocycles. The number of aromatic nitrogens is 1. The zero-order valence-corrected chi connectivity index (χ0v) is 11.8. The van der Waals surface area contributed by atoms with Crippen molar-refractivity contribution in [3.63, 3.8) is 0 Å². The number of aromatic carboxylic acids is 1. The number of para-hydroxylation sites is 1. The maximum Gasteiger partial charge on any atom is 0.358 e. The maximum atomic E-state index is 11.9. The molecule has 0 spiro atoms. The smallest absolute Gasteiger partial charge is 0.358 e. The van der Waals surface area contributed by atoms with E-state index in [9.17, 15) is 13.2 Å². The van der Waals surface area contributed by atoms with Gasteiger partial charge in [0.2, 0.25) is 10.0 Å². The summed E-state index contributed by atoms with van der Waals surface area (Å²) < 4.78 is 31.4. The Morgan fingerprint density at radius 3 is 2.52 bits per heavy atom. The number of carboxylic acid groups (broad SMARTS) is 1. The van der Waals surface area contributed by atoms with Gasteiger partial charge in [-0.1, -0.05) is 12.1 Å². The zero-order valence-electron chi connectivity index (χ0n) is 11.0. The van der Waals surface area contributed by atoms with E-state index in [-0.39, 0.29) is 22.1 Å². The SMILES string of the molecule is CNS(=O)(=O)c1ccccc1Oc1cccnc1C(=O)O. The molecule has 2 N–H and O–H groups in total. The number of benzene rings is 1. The number of hydrogen-bond donors (Lipinski definition) is 2. The van der Waals surface area contributed by atoms with Crippen LogP contribution in [0.3, 0.4) is 0 Å². The molecule has 2 aromatic rings. The highest BCUT2D eigenvalue weighted by Crippen LogP contribution is 2.29. The van der Waals surface area contributed by atoms with E-state index in [1.807, 2.05) is 0 Å². The molecule has 110 valence electrons. The van der Waals surface area contributed by atoms with Crippen LogP contribution in [0, 0.1) is 0 Å². The number of carbonyl (C=O) groups is 1. The van der Waals surface area contributed by atoms with Crippen molar-refractivity contribution < 1.29 is 23.1 Å². The molecule has 0 aliphatic heterocycles. The van der Waals surface area contributed by atoms with Gasteiger partial charge in [0.15, 0.2) is 11.4 Å². The second kappa shape index (κ2) is 5.90. The summed E-state index contributed by atoms with van der Waals surface area (Å²) in [6, 6.07) is 8.82. The Morgan fingerprint density at radius 2 is 1.86 bits per heavy atom.